The van der Waals surface area contributed by atoms with Gasteiger partial charge in [-0.3, -0.25) is 0 Å². The van der Waals surface area contributed by atoms with E-state index in [4.69, 9.17) is 4.42 Å². The molecule has 0 spiro atoms. The van der Waals surface area contributed by atoms with Gasteiger partial charge in [-0.25, -0.2) is 9.55 Å². The van der Waals surface area contributed by atoms with Crippen LogP contribution in [-0.4, -0.2) is 4.98 Å². The van der Waals surface area contributed by atoms with Crippen molar-refractivity contribution in [1.82, 2.24) is 4.98 Å². The smallest absolute Gasteiger partial charge is 0.228 e. The predicted octanol–water partition coefficient (Wildman–Crippen LogP) is 3.65. The molecule has 110 valence electrons. The summed E-state index contributed by atoms with van der Waals surface area (Å²) in [6, 6.07) is 14.1. The Kier molecular flexibility index (Phi) is 2.88. The first-order valence-corrected chi connectivity index (χ1v) is 7.36. The summed E-state index contributed by atoms with van der Waals surface area (Å²) in [5.41, 5.74) is 5.20. The van der Waals surface area contributed by atoms with Crippen LogP contribution >= 0.6 is 0 Å². The molecule has 0 aliphatic heterocycles. The molecule has 3 heterocycles. The summed E-state index contributed by atoms with van der Waals surface area (Å²) in [5.74, 6) is 0. The van der Waals surface area contributed by atoms with Gasteiger partial charge >= 0.3 is 0 Å². The fraction of sp³-hybridized carbons (Fsp3) is 0.105. The van der Waals surface area contributed by atoms with E-state index in [1.807, 2.05) is 31.4 Å². The first kappa shape index (κ1) is 13.5. The van der Waals surface area contributed by atoms with Crippen LogP contribution in [0.3, 0.4) is 0 Å². The molecule has 0 saturated heterocycles. The van der Waals surface area contributed by atoms with Gasteiger partial charge < -0.3 is 4.42 Å². The Bertz CT molecular complexity index is 1100. The van der Waals surface area contributed by atoms with E-state index in [0.717, 1.165) is 33.2 Å². The zero-order valence-electron chi connectivity index (χ0n) is 12.9. The van der Waals surface area contributed by atoms with Gasteiger partial charge in [0.15, 0.2) is 6.20 Å². The average molecular weight is 300 g/mol. The molecule has 0 radical (unpaired) electrons. The molecule has 0 unspecified atom stereocenters. The van der Waals surface area contributed by atoms with Crippen molar-refractivity contribution >= 4 is 22.1 Å². The standard InChI is InChI=1S/C19H14N3O/c1-12-9-15-17(10-14(12)16-5-3-4-8-22(16)2)23-19-18(15)13(11-20)6-7-21-19/h3-10H,1-2H3/q+1. The van der Waals surface area contributed by atoms with Crippen LogP contribution in [0.5, 0.6) is 0 Å². The van der Waals surface area contributed by atoms with Crippen molar-refractivity contribution in [1.29, 1.82) is 5.26 Å². The number of pyridine rings is 2. The molecule has 0 atom stereocenters. The maximum absolute atomic E-state index is 9.33. The molecule has 4 nitrogen and oxygen atoms in total. The van der Waals surface area contributed by atoms with E-state index >= 15 is 0 Å². The van der Waals surface area contributed by atoms with Gasteiger partial charge in [-0.1, -0.05) is 0 Å². The van der Waals surface area contributed by atoms with Crippen molar-refractivity contribution in [3.63, 3.8) is 0 Å². The zero-order chi connectivity index (χ0) is 16.0. The minimum Gasteiger partial charge on any atom is -0.438 e. The number of aryl methyl sites for hydroxylation is 2. The lowest BCUT2D eigenvalue weighted by atomic mass is 10.0. The largest absolute Gasteiger partial charge is 0.438 e. The molecule has 0 aliphatic carbocycles. The molecule has 0 aliphatic rings. The minimum absolute atomic E-state index is 0.507. The lowest BCUT2D eigenvalue weighted by Crippen LogP contribution is -2.30. The van der Waals surface area contributed by atoms with Crippen LogP contribution in [0.1, 0.15) is 11.1 Å². The van der Waals surface area contributed by atoms with Crippen LogP contribution in [0.25, 0.3) is 33.3 Å². The van der Waals surface area contributed by atoms with Gasteiger partial charge in [0.25, 0.3) is 0 Å². The Morgan fingerprint density at radius 3 is 2.87 bits per heavy atom. The van der Waals surface area contributed by atoms with E-state index in [0.29, 0.717) is 11.3 Å². The normalized spacial score (nSPS) is 11.0. The van der Waals surface area contributed by atoms with Crippen molar-refractivity contribution in [2.45, 2.75) is 6.92 Å². The third-order valence-corrected chi connectivity index (χ3v) is 4.17. The quantitative estimate of drug-likeness (QED) is 0.504. The van der Waals surface area contributed by atoms with Crippen molar-refractivity contribution < 1.29 is 8.98 Å². The maximum Gasteiger partial charge on any atom is 0.228 e. The molecular formula is C19H14N3O+. The van der Waals surface area contributed by atoms with Crippen molar-refractivity contribution in [3.8, 4) is 17.3 Å². The monoisotopic (exact) mass is 300 g/mol. The van der Waals surface area contributed by atoms with Crippen LogP contribution < -0.4 is 4.57 Å². The summed E-state index contributed by atoms with van der Waals surface area (Å²) < 4.78 is 7.96. The van der Waals surface area contributed by atoms with Crippen LogP contribution in [0.2, 0.25) is 0 Å². The van der Waals surface area contributed by atoms with E-state index in [9.17, 15) is 5.26 Å². The van der Waals surface area contributed by atoms with Gasteiger partial charge in [0.1, 0.15) is 18.7 Å². The summed E-state index contributed by atoms with van der Waals surface area (Å²) in [4.78, 5) is 4.25. The molecule has 4 aromatic rings. The van der Waals surface area contributed by atoms with Gasteiger partial charge in [0.05, 0.1) is 16.5 Å². The zero-order valence-corrected chi connectivity index (χ0v) is 12.9. The molecule has 0 amide bonds. The first-order valence-electron chi connectivity index (χ1n) is 7.36. The van der Waals surface area contributed by atoms with E-state index in [1.54, 1.807) is 12.3 Å². The fourth-order valence-electron chi connectivity index (χ4n) is 3.02. The minimum atomic E-state index is 0.507. The Morgan fingerprint density at radius 1 is 1.22 bits per heavy atom. The average Bonchev–Trinajstić information content (AvgIpc) is 2.92. The Morgan fingerprint density at radius 2 is 2.09 bits per heavy atom. The third-order valence-electron chi connectivity index (χ3n) is 4.17. The number of nitriles is 1. The number of aromatic nitrogens is 2. The number of hydrogen-bond acceptors (Lipinski definition) is 3. The van der Waals surface area contributed by atoms with Gasteiger partial charge in [-0.15, -0.1) is 0 Å². The second-order valence-corrected chi connectivity index (χ2v) is 5.61. The van der Waals surface area contributed by atoms with Gasteiger partial charge in [-0.2, -0.15) is 5.26 Å². The van der Waals surface area contributed by atoms with Crippen LogP contribution in [0.15, 0.2) is 53.2 Å². The van der Waals surface area contributed by atoms with Crippen molar-refractivity contribution in [3.05, 3.63) is 59.9 Å². The summed E-state index contributed by atoms with van der Waals surface area (Å²) in [6.07, 6.45) is 3.63. The number of benzene rings is 1. The van der Waals surface area contributed by atoms with E-state index in [2.05, 4.69) is 34.7 Å². The predicted molar refractivity (Wildman–Crippen MR) is 87.6 cm³/mol. The Hall–Kier alpha value is -3.19. The molecule has 4 heteroatoms. The second kappa shape index (κ2) is 4.92. The third kappa shape index (κ3) is 1.98. The number of nitrogens with zero attached hydrogens (tertiary/aromatic N) is 3. The molecule has 1 aromatic carbocycles. The molecule has 23 heavy (non-hydrogen) atoms. The van der Waals surface area contributed by atoms with Crippen molar-refractivity contribution in [2.24, 2.45) is 7.05 Å². The second-order valence-electron chi connectivity index (χ2n) is 5.61. The molecule has 0 saturated carbocycles. The number of fused-ring (bicyclic) bond motifs is 3. The molecular weight excluding hydrogens is 286 g/mol. The van der Waals surface area contributed by atoms with E-state index in [-0.39, 0.29) is 0 Å². The number of rotatable bonds is 1. The van der Waals surface area contributed by atoms with E-state index in [1.165, 1.54) is 0 Å². The number of furan rings is 1. The topological polar surface area (TPSA) is 53.7 Å². The summed E-state index contributed by atoms with van der Waals surface area (Å²) in [5, 5.41) is 11.1. The highest BCUT2D eigenvalue weighted by molar-refractivity contribution is 6.07. The molecule has 0 bridgehead atoms. The fourth-order valence-corrected chi connectivity index (χ4v) is 3.02. The summed E-state index contributed by atoms with van der Waals surface area (Å²) in [7, 11) is 2.02. The van der Waals surface area contributed by atoms with Gasteiger partial charge in [-0.05, 0) is 36.8 Å². The van der Waals surface area contributed by atoms with Crippen molar-refractivity contribution in [2.75, 3.05) is 0 Å². The summed E-state index contributed by atoms with van der Waals surface area (Å²) >= 11 is 0. The van der Waals surface area contributed by atoms with Crippen LogP contribution in [-0.2, 0) is 7.05 Å². The highest BCUT2D eigenvalue weighted by Crippen LogP contribution is 2.34. The molecule has 3 aromatic heterocycles. The lowest BCUT2D eigenvalue weighted by molar-refractivity contribution is -0.660. The lowest BCUT2D eigenvalue weighted by Gasteiger charge is -2.04. The maximum atomic E-state index is 9.33. The van der Waals surface area contributed by atoms with Gasteiger partial charge in [0.2, 0.25) is 11.4 Å². The summed E-state index contributed by atoms with van der Waals surface area (Å²) in [6.45, 7) is 2.07. The number of hydrogen-bond donors (Lipinski definition) is 0. The SMILES string of the molecule is Cc1cc2c(cc1-c1cccc[n+]1C)oc1nccc(C#N)c12. The highest BCUT2D eigenvalue weighted by atomic mass is 16.3. The Balaban J connectivity index is 2.08. The van der Waals surface area contributed by atoms with Crippen LogP contribution in [0.4, 0.5) is 0 Å². The molecule has 0 fully saturated rings. The van der Waals surface area contributed by atoms with Gasteiger partial charge in [0, 0.05) is 23.7 Å². The van der Waals surface area contributed by atoms with Crippen LogP contribution in [0, 0.1) is 18.3 Å². The van der Waals surface area contributed by atoms with E-state index < -0.39 is 0 Å². The Labute approximate surface area is 133 Å². The highest BCUT2D eigenvalue weighted by Gasteiger charge is 2.17. The molecule has 0 N–H and O–H groups in total. The first-order chi connectivity index (χ1) is 11.2. The molecule has 4 rings (SSSR count).